The van der Waals surface area contributed by atoms with Gasteiger partial charge in [0, 0.05) is 36.6 Å². The molecule has 0 unspecified atom stereocenters. The van der Waals surface area contributed by atoms with E-state index < -0.39 is 0 Å². The van der Waals surface area contributed by atoms with E-state index in [1.807, 2.05) is 49.6 Å². The molecule has 0 saturated heterocycles. The Morgan fingerprint density at radius 1 is 1.24 bits per heavy atom. The van der Waals surface area contributed by atoms with Gasteiger partial charge < -0.3 is 16.0 Å². The van der Waals surface area contributed by atoms with Crippen molar-refractivity contribution in [3.05, 3.63) is 72.4 Å². The largest absolute Gasteiger partial charge is 0.371 e. The standard InChI is InChI=1S/C22H21N5O2/c1-3-20(28)25-16-5-4-6-17(12-16)27-13-19(21(23-2)26-27)14-7-8-18-15(11-14)9-10-24-22(18)29/h3-8,11-13H,1,9-10H2,2H3,(H,23,26)(H,24,29)(H,25,28). The molecule has 1 aliphatic heterocycles. The minimum absolute atomic E-state index is 0.0271. The third-order valence-corrected chi connectivity index (χ3v) is 4.86. The minimum atomic E-state index is -0.266. The number of nitrogens with one attached hydrogen (secondary N) is 3. The van der Waals surface area contributed by atoms with Gasteiger partial charge in [-0.1, -0.05) is 24.8 Å². The first kappa shape index (κ1) is 18.5. The molecule has 0 saturated carbocycles. The minimum Gasteiger partial charge on any atom is -0.371 e. The van der Waals surface area contributed by atoms with E-state index in [9.17, 15) is 9.59 Å². The van der Waals surface area contributed by atoms with Crippen molar-refractivity contribution in [1.29, 1.82) is 0 Å². The van der Waals surface area contributed by atoms with Crippen LogP contribution in [0.5, 0.6) is 0 Å². The highest BCUT2D eigenvalue weighted by Gasteiger charge is 2.19. The molecule has 0 radical (unpaired) electrons. The number of carbonyl (C=O) groups is 2. The van der Waals surface area contributed by atoms with Crippen LogP contribution in [0.4, 0.5) is 11.5 Å². The number of hydrogen-bond donors (Lipinski definition) is 3. The fourth-order valence-electron chi connectivity index (χ4n) is 3.42. The van der Waals surface area contributed by atoms with Crippen LogP contribution in [0.1, 0.15) is 15.9 Å². The lowest BCUT2D eigenvalue weighted by Gasteiger charge is -2.17. The number of nitrogens with zero attached hydrogens (tertiary/aromatic N) is 2. The van der Waals surface area contributed by atoms with E-state index in [-0.39, 0.29) is 11.8 Å². The zero-order valence-electron chi connectivity index (χ0n) is 16.0. The van der Waals surface area contributed by atoms with Crippen molar-refractivity contribution in [3.8, 4) is 16.8 Å². The summed E-state index contributed by atoms with van der Waals surface area (Å²) in [4.78, 5) is 23.6. The van der Waals surface area contributed by atoms with Gasteiger partial charge in [0.25, 0.3) is 5.91 Å². The Balaban J connectivity index is 1.71. The van der Waals surface area contributed by atoms with E-state index in [4.69, 9.17) is 0 Å². The average Bonchev–Trinajstić information content (AvgIpc) is 3.18. The van der Waals surface area contributed by atoms with Gasteiger partial charge in [-0.25, -0.2) is 4.68 Å². The molecule has 4 rings (SSSR count). The van der Waals surface area contributed by atoms with Crippen LogP contribution in [-0.2, 0) is 11.2 Å². The Hall–Kier alpha value is -3.87. The molecule has 2 aromatic carbocycles. The van der Waals surface area contributed by atoms with Crippen LogP contribution in [0.25, 0.3) is 16.8 Å². The Labute approximate surface area is 168 Å². The number of carbonyl (C=O) groups excluding carboxylic acids is 2. The molecule has 29 heavy (non-hydrogen) atoms. The molecule has 0 aliphatic carbocycles. The third-order valence-electron chi connectivity index (χ3n) is 4.86. The van der Waals surface area contributed by atoms with Gasteiger partial charge in [0.15, 0.2) is 5.82 Å². The number of benzene rings is 2. The molecule has 146 valence electrons. The van der Waals surface area contributed by atoms with E-state index in [1.165, 1.54) is 6.08 Å². The molecule has 7 heteroatoms. The molecule has 0 fully saturated rings. The number of aromatic nitrogens is 2. The molecule has 0 spiro atoms. The fraction of sp³-hybridized carbons (Fsp3) is 0.136. The summed E-state index contributed by atoms with van der Waals surface area (Å²) in [5.74, 6) is 0.434. The lowest BCUT2D eigenvalue weighted by atomic mass is 9.96. The first-order chi connectivity index (χ1) is 14.1. The predicted molar refractivity (Wildman–Crippen MR) is 113 cm³/mol. The second-order valence-electron chi connectivity index (χ2n) is 6.71. The summed E-state index contributed by atoms with van der Waals surface area (Å²) in [6.45, 7) is 4.12. The predicted octanol–water partition coefficient (Wildman–Crippen LogP) is 2.99. The molecular weight excluding hydrogens is 366 g/mol. The lowest BCUT2D eigenvalue weighted by molar-refractivity contribution is -0.111. The second-order valence-corrected chi connectivity index (χ2v) is 6.71. The summed E-state index contributed by atoms with van der Waals surface area (Å²) in [6.07, 6.45) is 3.97. The second kappa shape index (κ2) is 7.63. The van der Waals surface area contributed by atoms with Gasteiger partial charge in [-0.15, -0.1) is 5.10 Å². The Morgan fingerprint density at radius 2 is 2.10 bits per heavy atom. The van der Waals surface area contributed by atoms with Gasteiger partial charge >= 0.3 is 0 Å². The Morgan fingerprint density at radius 3 is 2.90 bits per heavy atom. The molecule has 1 aliphatic rings. The highest BCUT2D eigenvalue weighted by Crippen LogP contribution is 2.31. The molecule has 0 atom stereocenters. The van der Waals surface area contributed by atoms with Crippen molar-refractivity contribution in [1.82, 2.24) is 15.1 Å². The topological polar surface area (TPSA) is 88.0 Å². The van der Waals surface area contributed by atoms with Crippen molar-refractivity contribution in [2.45, 2.75) is 6.42 Å². The summed E-state index contributed by atoms with van der Waals surface area (Å²) in [6, 6.07) is 13.3. The zero-order valence-corrected chi connectivity index (χ0v) is 16.0. The number of amides is 2. The number of anilines is 2. The molecule has 0 bridgehead atoms. The van der Waals surface area contributed by atoms with Crippen LogP contribution < -0.4 is 16.0 Å². The van der Waals surface area contributed by atoms with Crippen molar-refractivity contribution >= 4 is 23.3 Å². The number of fused-ring (bicyclic) bond motifs is 1. The number of hydrogen-bond acceptors (Lipinski definition) is 4. The van der Waals surface area contributed by atoms with Gasteiger partial charge in [-0.05, 0) is 47.9 Å². The summed E-state index contributed by atoms with van der Waals surface area (Å²) < 4.78 is 1.76. The molecule has 7 nitrogen and oxygen atoms in total. The van der Waals surface area contributed by atoms with Crippen LogP contribution >= 0.6 is 0 Å². The normalized spacial score (nSPS) is 12.7. The summed E-state index contributed by atoms with van der Waals surface area (Å²) in [7, 11) is 1.82. The molecule has 2 amide bonds. The van der Waals surface area contributed by atoms with Crippen molar-refractivity contribution < 1.29 is 9.59 Å². The average molecular weight is 387 g/mol. The highest BCUT2D eigenvalue weighted by molar-refractivity contribution is 5.99. The maximum atomic E-state index is 12.0. The Bertz CT molecular complexity index is 1120. The Kier molecular flexibility index (Phi) is 4.87. The van der Waals surface area contributed by atoms with Crippen LogP contribution in [0, 0.1) is 0 Å². The fourth-order valence-corrected chi connectivity index (χ4v) is 3.42. The lowest BCUT2D eigenvalue weighted by Crippen LogP contribution is -2.31. The van der Waals surface area contributed by atoms with Gasteiger partial charge in [0.2, 0.25) is 5.91 Å². The highest BCUT2D eigenvalue weighted by atomic mass is 16.2. The van der Waals surface area contributed by atoms with Gasteiger partial charge in [0.05, 0.1) is 5.69 Å². The van der Waals surface area contributed by atoms with Crippen molar-refractivity contribution in [3.63, 3.8) is 0 Å². The first-order valence-corrected chi connectivity index (χ1v) is 9.32. The molecule has 2 heterocycles. The third kappa shape index (κ3) is 3.62. The van der Waals surface area contributed by atoms with E-state index in [2.05, 4.69) is 33.7 Å². The summed E-state index contributed by atoms with van der Waals surface area (Å²) >= 11 is 0. The zero-order chi connectivity index (χ0) is 20.4. The van der Waals surface area contributed by atoms with E-state index in [0.717, 1.165) is 40.2 Å². The number of rotatable bonds is 5. The first-order valence-electron chi connectivity index (χ1n) is 9.32. The van der Waals surface area contributed by atoms with Gasteiger partial charge in [-0.3, -0.25) is 9.59 Å². The molecule has 3 N–H and O–H groups in total. The van der Waals surface area contributed by atoms with E-state index in [0.29, 0.717) is 12.2 Å². The molecule has 3 aromatic rings. The van der Waals surface area contributed by atoms with Crippen LogP contribution in [-0.4, -0.2) is 35.2 Å². The van der Waals surface area contributed by atoms with Crippen LogP contribution in [0.3, 0.4) is 0 Å². The molecule has 1 aromatic heterocycles. The van der Waals surface area contributed by atoms with Gasteiger partial charge in [-0.2, -0.15) is 0 Å². The quantitative estimate of drug-likeness (QED) is 0.587. The van der Waals surface area contributed by atoms with Crippen LogP contribution in [0.2, 0.25) is 0 Å². The van der Waals surface area contributed by atoms with Gasteiger partial charge in [0.1, 0.15) is 0 Å². The maximum Gasteiger partial charge on any atom is 0.251 e. The van der Waals surface area contributed by atoms with E-state index >= 15 is 0 Å². The summed E-state index contributed by atoms with van der Waals surface area (Å²) in [5.41, 5.74) is 5.16. The summed E-state index contributed by atoms with van der Waals surface area (Å²) in [5, 5.41) is 13.4. The van der Waals surface area contributed by atoms with Crippen LogP contribution in [0.15, 0.2) is 61.3 Å². The van der Waals surface area contributed by atoms with E-state index in [1.54, 1.807) is 4.68 Å². The molecular formula is C22H21N5O2. The smallest absolute Gasteiger partial charge is 0.251 e. The van der Waals surface area contributed by atoms with Crippen molar-refractivity contribution in [2.75, 3.05) is 24.2 Å². The maximum absolute atomic E-state index is 12.0. The monoisotopic (exact) mass is 387 g/mol. The SMILES string of the molecule is C=CC(=O)Nc1cccc(-n2cc(-c3ccc4c(c3)CCNC4=O)c(NC)n2)c1. The van der Waals surface area contributed by atoms with Crippen molar-refractivity contribution in [2.24, 2.45) is 0 Å².